The maximum atomic E-state index is 6.78. The van der Waals surface area contributed by atoms with Crippen molar-refractivity contribution in [3.63, 3.8) is 0 Å². The predicted molar refractivity (Wildman–Crippen MR) is 125 cm³/mol. The molecule has 0 bridgehead atoms. The molecule has 2 aliphatic heterocycles. The third-order valence-corrected chi connectivity index (χ3v) is 7.50. The van der Waals surface area contributed by atoms with Gasteiger partial charge in [-0.05, 0) is 54.7 Å². The first-order valence-electron chi connectivity index (χ1n) is 11.0. The van der Waals surface area contributed by atoms with Crippen LogP contribution < -0.4 is 4.74 Å². The standard InChI is InChI=1S/C26H24BrN3O/c27-21-6-7-25-22(16-21)24-17-23(20-10-14-28-15-11-20)29-30(24)26(31-25)12-8-19(9-13-26)18-4-2-1-3-5-18/h1-7,10-11,14-16,19,24H,8-9,12-13,17H2/t19?,24-,26?/m1/s1. The summed E-state index contributed by atoms with van der Waals surface area (Å²) in [6, 6.07) is 21.6. The number of hydrazone groups is 1. The quantitative estimate of drug-likeness (QED) is 0.429. The summed E-state index contributed by atoms with van der Waals surface area (Å²) in [7, 11) is 0. The van der Waals surface area contributed by atoms with Gasteiger partial charge in [-0.15, -0.1) is 0 Å². The van der Waals surface area contributed by atoms with E-state index in [1.165, 1.54) is 11.1 Å². The molecule has 5 heteroatoms. The Balaban J connectivity index is 1.36. The van der Waals surface area contributed by atoms with Crippen LogP contribution in [-0.2, 0) is 0 Å². The molecule has 31 heavy (non-hydrogen) atoms. The number of pyridine rings is 1. The molecule has 0 radical (unpaired) electrons. The van der Waals surface area contributed by atoms with Gasteiger partial charge in [-0.2, -0.15) is 5.10 Å². The Bertz CT molecular complexity index is 1120. The van der Waals surface area contributed by atoms with Crippen LogP contribution in [0, 0.1) is 0 Å². The molecular formula is C26H24BrN3O. The van der Waals surface area contributed by atoms with E-state index in [1.807, 2.05) is 12.4 Å². The second kappa shape index (κ2) is 7.49. The van der Waals surface area contributed by atoms with Crippen molar-refractivity contribution in [3.05, 3.63) is 94.2 Å². The molecule has 156 valence electrons. The van der Waals surface area contributed by atoms with Crippen molar-refractivity contribution in [1.29, 1.82) is 0 Å². The molecule has 0 saturated heterocycles. The number of halogens is 1. The fraction of sp³-hybridized carbons (Fsp3) is 0.308. The third-order valence-electron chi connectivity index (χ3n) is 7.01. The first kappa shape index (κ1) is 19.1. The Labute approximate surface area is 191 Å². The molecule has 3 heterocycles. The molecule has 3 aliphatic rings. The molecule has 1 saturated carbocycles. The van der Waals surface area contributed by atoms with Gasteiger partial charge in [0.15, 0.2) is 5.72 Å². The van der Waals surface area contributed by atoms with E-state index in [-0.39, 0.29) is 11.8 Å². The van der Waals surface area contributed by atoms with E-state index in [2.05, 4.69) is 86.6 Å². The van der Waals surface area contributed by atoms with Crippen molar-refractivity contribution < 1.29 is 4.74 Å². The van der Waals surface area contributed by atoms with Crippen LogP contribution >= 0.6 is 15.9 Å². The molecule has 1 fully saturated rings. The van der Waals surface area contributed by atoms with Crippen molar-refractivity contribution in [2.75, 3.05) is 0 Å². The van der Waals surface area contributed by atoms with E-state index in [1.54, 1.807) is 0 Å². The highest BCUT2D eigenvalue weighted by Crippen LogP contribution is 2.53. The van der Waals surface area contributed by atoms with Gasteiger partial charge in [0.05, 0.1) is 11.8 Å². The van der Waals surface area contributed by atoms with Crippen molar-refractivity contribution in [2.45, 2.75) is 49.8 Å². The lowest BCUT2D eigenvalue weighted by Crippen LogP contribution is -2.55. The van der Waals surface area contributed by atoms with E-state index in [0.29, 0.717) is 5.92 Å². The Morgan fingerprint density at radius 2 is 1.74 bits per heavy atom. The molecule has 6 rings (SSSR count). The average Bonchev–Trinajstić information content (AvgIpc) is 3.29. The van der Waals surface area contributed by atoms with Crippen LogP contribution in [-0.4, -0.2) is 21.4 Å². The summed E-state index contributed by atoms with van der Waals surface area (Å²) in [5, 5.41) is 7.46. The first-order chi connectivity index (χ1) is 15.2. The third kappa shape index (κ3) is 3.26. The lowest BCUT2D eigenvalue weighted by atomic mass is 9.78. The van der Waals surface area contributed by atoms with Crippen LogP contribution in [0.2, 0.25) is 0 Å². The SMILES string of the molecule is Brc1ccc2c(c1)[C@H]1CC(c3ccncc3)=NN1C1(CCC(c3ccccc3)CC1)O2. The van der Waals surface area contributed by atoms with Crippen molar-refractivity contribution in [2.24, 2.45) is 5.10 Å². The Morgan fingerprint density at radius 1 is 0.968 bits per heavy atom. The van der Waals surface area contributed by atoms with Crippen LogP contribution in [0.25, 0.3) is 0 Å². The highest BCUT2D eigenvalue weighted by molar-refractivity contribution is 9.10. The summed E-state index contributed by atoms with van der Waals surface area (Å²) < 4.78 is 7.86. The molecule has 1 atom stereocenters. The van der Waals surface area contributed by atoms with Crippen LogP contribution in [0.5, 0.6) is 5.75 Å². The monoisotopic (exact) mass is 473 g/mol. The second-order valence-corrected chi connectivity index (χ2v) is 9.68. The Kier molecular flexibility index (Phi) is 4.60. The number of fused-ring (bicyclic) bond motifs is 4. The molecule has 1 spiro atoms. The smallest absolute Gasteiger partial charge is 0.198 e. The number of rotatable bonds is 2. The van der Waals surface area contributed by atoms with E-state index in [0.717, 1.165) is 53.6 Å². The Morgan fingerprint density at radius 3 is 2.52 bits per heavy atom. The van der Waals surface area contributed by atoms with Crippen LogP contribution in [0.15, 0.2) is 82.6 Å². The number of nitrogens with zero attached hydrogens (tertiary/aromatic N) is 3. The van der Waals surface area contributed by atoms with Crippen molar-refractivity contribution in [3.8, 4) is 5.75 Å². The average molecular weight is 474 g/mol. The van der Waals surface area contributed by atoms with E-state index < -0.39 is 0 Å². The van der Waals surface area contributed by atoms with Crippen LogP contribution in [0.1, 0.15) is 60.8 Å². The number of ether oxygens (including phenoxy) is 1. The molecule has 1 aliphatic carbocycles. The number of hydrogen-bond donors (Lipinski definition) is 0. The van der Waals surface area contributed by atoms with Gasteiger partial charge in [0.25, 0.3) is 0 Å². The summed E-state index contributed by atoms with van der Waals surface area (Å²) in [5.41, 5.74) is 4.56. The summed E-state index contributed by atoms with van der Waals surface area (Å²) >= 11 is 3.65. The minimum absolute atomic E-state index is 0.206. The van der Waals surface area contributed by atoms with Gasteiger partial charge in [0, 0.05) is 47.3 Å². The van der Waals surface area contributed by atoms with Crippen LogP contribution in [0.3, 0.4) is 0 Å². The molecule has 2 aromatic carbocycles. The van der Waals surface area contributed by atoms with E-state index >= 15 is 0 Å². The molecule has 0 N–H and O–H groups in total. The van der Waals surface area contributed by atoms with Gasteiger partial charge >= 0.3 is 0 Å². The maximum Gasteiger partial charge on any atom is 0.198 e. The number of benzene rings is 2. The summed E-state index contributed by atoms with van der Waals surface area (Å²) in [5.74, 6) is 1.60. The van der Waals surface area contributed by atoms with Gasteiger partial charge in [-0.25, -0.2) is 5.01 Å². The zero-order chi connectivity index (χ0) is 20.8. The van der Waals surface area contributed by atoms with Crippen molar-refractivity contribution >= 4 is 21.6 Å². The molecule has 4 nitrogen and oxygen atoms in total. The number of aromatic nitrogens is 1. The lowest BCUT2D eigenvalue weighted by Gasteiger charge is -2.50. The predicted octanol–water partition coefficient (Wildman–Crippen LogP) is 6.44. The molecule has 1 aromatic heterocycles. The first-order valence-corrected chi connectivity index (χ1v) is 11.8. The lowest BCUT2D eigenvalue weighted by molar-refractivity contribution is -0.142. The highest BCUT2D eigenvalue weighted by atomic mass is 79.9. The zero-order valence-corrected chi connectivity index (χ0v) is 18.8. The molecule has 0 amide bonds. The zero-order valence-electron chi connectivity index (χ0n) is 17.2. The number of hydrogen-bond acceptors (Lipinski definition) is 4. The van der Waals surface area contributed by atoms with Gasteiger partial charge in [-0.1, -0.05) is 46.3 Å². The molecule has 0 unspecified atom stereocenters. The van der Waals surface area contributed by atoms with Gasteiger partial charge in [-0.3, -0.25) is 4.98 Å². The largest absolute Gasteiger partial charge is 0.466 e. The topological polar surface area (TPSA) is 37.7 Å². The molecular weight excluding hydrogens is 450 g/mol. The molecule has 3 aromatic rings. The maximum absolute atomic E-state index is 6.78. The minimum Gasteiger partial charge on any atom is -0.466 e. The van der Waals surface area contributed by atoms with Gasteiger partial charge in [0.1, 0.15) is 5.75 Å². The van der Waals surface area contributed by atoms with E-state index in [9.17, 15) is 0 Å². The van der Waals surface area contributed by atoms with Gasteiger partial charge in [0.2, 0.25) is 0 Å². The fourth-order valence-electron chi connectivity index (χ4n) is 5.43. The summed E-state index contributed by atoms with van der Waals surface area (Å²) in [4.78, 5) is 4.18. The summed E-state index contributed by atoms with van der Waals surface area (Å²) in [6.45, 7) is 0. The fourth-order valence-corrected chi connectivity index (χ4v) is 5.81. The minimum atomic E-state index is -0.369. The normalized spacial score (nSPS) is 26.7. The van der Waals surface area contributed by atoms with E-state index in [4.69, 9.17) is 9.84 Å². The van der Waals surface area contributed by atoms with Gasteiger partial charge < -0.3 is 4.74 Å². The van der Waals surface area contributed by atoms with Crippen molar-refractivity contribution in [1.82, 2.24) is 9.99 Å². The Hall–Kier alpha value is -2.66. The summed E-state index contributed by atoms with van der Waals surface area (Å²) in [6.07, 6.45) is 8.75. The van der Waals surface area contributed by atoms with Crippen LogP contribution in [0.4, 0.5) is 0 Å². The highest BCUT2D eigenvalue weighted by Gasteiger charge is 2.52. The second-order valence-electron chi connectivity index (χ2n) is 8.76.